The lowest BCUT2D eigenvalue weighted by Crippen LogP contribution is -2.38. The van der Waals surface area contributed by atoms with Gasteiger partial charge >= 0.3 is 0 Å². The van der Waals surface area contributed by atoms with Gasteiger partial charge in [-0.25, -0.2) is 9.98 Å². The van der Waals surface area contributed by atoms with Gasteiger partial charge in [0.15, 0.2) is 5.96 Å². The summed E-state index contributed by atoms with van der Waals surface area (Å²) in [6.45, 7) is 5.93. The third-order valence-corrected chi connectivity index (χ3v) is 4.52. The van der Waals surface area contributed by atoms with Crippen LogP contribution in [0.15, 0.2) is 23.3 Å². The lowest BCUT2D eigenvalue weighted by atomic mass is 10.2. The number of nitrogens with two attached hydrogens (primary N) is 1. The first-order valence-corrected chi connectivity index (χ1v) is 8.66. The van der Waals surface area contributed by atoms with Crippen molar-refractivity contribution in [2.45, 2.75) is 32.2 Å². The van der Waals surface area contributed by atoms with Gasteiger partial charge in [-0.3, -0.25) is 0 Å². The van der Waals surface area contributed by atoms with Crippen molar-refractivity contribution in [3.63, 3.8) is 0 Å². The molecule has 2 N–H and O–H groups in total. The molecule has 0 amide bonds. The van der Waals surface area contributed by atoms with E-state index in [1.54, 1.807) is 0 Å². The molecule has 1 aromatic rings. The van der Waals surface area contributed by atoms with Crippen molar-refractivity contribution in [3.05, 3.63) is 23.9 Å². The van der Waals surface area contributed by atoms with Crippen LogP contribution in [0.2, 0.25) is 0 Å². The molecule has 0 saturated carbocycles. The molecule has 0 spiro atoms. The SMILES string of the molecule is NC(=NCc1cccnc1N1CCOCC1)N1CCCCCC1. The first-order chi connectivity index (χ1) is 11.3. The van der Waals surface area contributed by atoms with Gasteiger partial charge in [-0.05, 0) is 18.9 Å². The number of anilines is 1. The number of ether oxygens (including phenoxy) is 1. The second-order valence-electron chi connectivity index (χ2n) is 6.16. The number of morpholine rings is 1. The van der Waals surface area contributed by atoms with Crippen molar-refractivity contribution in [1.82, 2.24) is 9.88 Å². The van der Waals surface area contributed by atoms with Crippen LogP contribution in [0, 0.1) is 0 Å². The topological polar surface area (TPSA) is 67.0 Å². The van der Waals surface area contributed by atoms with E-state index < -0.39 is 0 Å². The van der Waals surface area contributed by atoms with Gasteiger partial charge in [0.1, 0.15) is 5.82 Å². The Morgan fingerprint density at radius 1 is 1.13 bits per heavy atom. The monoisotopic (exact) mass is 317 g/mol. The highest BCUT2D eigenvalue weighted by Crippen LogP contribution is 2.19. The van der Waals surface area contributed by atoms with E-state index in [0.717, 1.165) is 50.8 Å². The molecule has 126 valence electrons. The van der Waals surface area contributed by atoms with Gasteiger partial charge in [-0.2, -0.15) is 0 Å². The summed E-state index contributed by atoms with van der Waals surface area (Å²) >= 11 is 0. The summed E-state index contributed by atoms with van der Waals surface area (Å²) in [7, 11) is 0. The van der Waals surface area contributed by atoms with Crippen LogP contribution in [0.25, 0.3) is 0 Å². The fourth-order valence-electron chi connectivity index (χ4n) is 3.18. The zero-order chi connectivity index (χ0) is 15.9. The van der Waals surface area contributed by atoms with Crippen LogP contribution in [-0.4, -0.2) is 55.2 Å². The van der Waals surface area contributed by atoms with Gasteiger partial charge in [0, 0.05) is 37.9 Å². The van der Waals surface area contributed by atoms with E-state index in [1.807, 2.05) is 12.3 Å². The highest BCUT2D eigenvalue weighted by Gasteiger charge is 2.16. The van der Waals surface area contributed by atoms with Crippen LogP contribution in [0.5, 0.6) is 0 Å². The zero-order valence-corrected chi connectivity index (χ0v) is 13.8. The third-order valence-electron chi connectivity index (χ3n) is 4.52. The minimum Gasteiger partial charge on any atom is -0.378 e. The number of aromatic nitrogens is 1. The van der Waals surface area contributed by atoms with Crippen LogP contribution >= 0.6 is 0 Å². The smallest absolute Gasteiger partial charge is 0.191 e. The van der Waals surface area contributed by atoms with E-state index in [4.69, 9.17) is 10.5 Å². The average Bonchev–Trinajstić information content (AvgIpc) is 2.90. The maximum atomic E-state index is 6.22. The fraction of sp³-hybridized carbons (Fsp3) is 0.647. The van der Waals surface area contributed by atoms with Crippen molar-refractivity contribution >= 4 is 11.8 Å². The molecule has 0 bridgehead atoms. The van der Waals surface area contributed by atoms with E-state index >= 15 is 0 Å². The van der Waals surface area contributed by atoms with Crippen LogP contribution in [0.4, 0.5) is 5.82 Å². The number of nitrogens with zero attached hydrogens (tertiary/aromatic N) is 4. The third kappa shape index (κ3) is 4.34. The predicted octanol–water partition coefficient (Wildman–Crippen LogP) is 1.61. The molecule has 3 heterocycles. The molecule has 2 aliphatic heterocycles. The molecule has 0 aromatic carbocycles. The molecule has 0 aliphatic carbocycles. The molecule has 2 saturated heterocycles. The largest absolute Gasteiger partial charge is 0.378 e. The Morgan fingerprint density at radius 2 is 1.87 bits per heavy atom. The second kappa shape index (κ2) is 8.15. The molecule has 0 unspecified atom stereocenters. The molecule has 3 rings (SSSR count). The number of guanidine groups is 1. The molecule has 2 aliphatic rings. The first kappa shape index (κ1) is 16.1. The maximum absolute atomic E-state index is 6.22. The van der Waals surface area contributed by atoms with Crippen molar-refractivity contribution in [2.24, 2.45) is 10.7 Å². The molecule has 0 atom stereocenters. The van der Waals surface area contributed by atoms with Crippen molar-refractivity contribution in [2.75, 3.05) is 44.3 Å². The number of hydrogen-bond donors (Lipinski definition) is 1. The quantitative estimate of drug-likeness (QED) is 0.678. The Labute approximate surface area is 138 Å². The minimum absolute atomic E-state index is 0.586. The summed E-state index contributed by atoms with van der Waals surface area (Å²) in [5, 5.41) is 0. The van der Waals surface area contributed by atoms with Gasteiger partial charge in [0.2, 0.25) is 0 Å². The average molecular weight is 317 g/mol. The predicted molar refractivity (Wildman–Crippen MR) is 92.6 cm³/mol. The number of pyridine rings is 1. The van der Waals surface area contributed by atoms with E-state index in [2.05, 4.69) is 25.8 Å². The Hall–Kier alpha value is -1.82. The van der Waals surface area contributed by atoms with Gasteiger partial charge in [-0.15, -0.1) is 0 Å². The summed E-state index contributed by atoms with van der Waals surface area (Å²) in [6.07, 6.45) is 6.86. The van der Waals surface area contributed by atoms with E-state index in [-0.39, 0.29) is 0 Å². The van der Waals surface area contributed by atoms with Gasteiger partial charge in [0.05, 0.1) is 19.8 Å². The zero-order valence-electron chi connectivity index (χ0n) is 13.8. The van der Waals surface area contributed by atoms with Crippen LogP contribution in [0.3, 0.4) is 0 Å². The summed E-state index contributed by atoms with van der Waals surface area (Å²) in [5.41, 5.74) is 7.35. The van der Waals surface area contributed by atoms with Gasteiger partial charge in [-0.1, -0.05) is 18.9 Å². The summed E-state index contributed by atoms with van der Waals surface area (Å²) in [6, 6.07) is 4.06. The highest BCUT2D eigenvalue weighted by molar-refractivity contribution is 5.78. The number of hydrogen-bond acceptors (Lipinski definition) is 4. The molecule has 6 nitrogen and oxygen atoms in total. The lowest BCUT2D eigenvalue weighted by Gasteiger charge is -2.29. The number of aliphatic imine (C=N–C) groups is 1. The van der Waals surface area contributed by atoms with Crippen molar-refractivity contribution < 1.29 is 4.74 Å². The van der Waals surface area contributed by atoms with E-state index in [9.17, 15) is 0 Å². The van der Waals surface area contributed by atoms with Crippen LogP contribution in [-0.2, 0) is 11.3 Å². The van der Waals surface area contributed by atoms with Crippen molar-refractivity contribution in [3.8, 4) is 0 Å². The fourth-order valence-corrected chi connectivity index (χ4v) is 3.18. The first-order valence-electron chi connectivity index (χ1n) is 8.66. The standard InChI is InChI=1S/C17H27N5O/c18-17(22-8-3-1-2-4-9-22)20-14-15-6-5-7-19-16(15)21-10-12-23-13-11-21/h5-7H,1-4,8-14H2,(H2,18,20). The Bertz CT molecular complexity index is 519. The minimum atomic E-state index is 0.586. The molecule has 23 heavy (non-hydrogen) atoms. The summed E-state index contributed by atoms with van der Waals surface area (Å²) < 4.78 is 5.43. The van der Waals surface area contributed by atoms with Crippen molar-refractivity contribution in [1.29, 1.82) is 0 Å². The normalized spacial score (nSPS) is 20.4. The summed E-state index contributed by atoms with van der Waals surface area (Å²) in [4.78, 5) is 13.7. The van der Waals surface area contributed by atoms with Crippen LogP contribution in [0.1, 0.15) is 31.2 Å². The molecule has 0 radical (unpaired) electrons. The Kier molecular flexibility index (Phi) is 5.69. The highest BCUT2D eigenvalue weighted by atomic mass is 16.5. The van der Waals surface area contributed by atoms with Gasteiger partial charge < -0.3 is 20.3 Å². The van der Waals surface area contributed by atoms with E-state index in [0.29, 0.717) is 12.5 Å². The molecule has 2 fully saturated rings. The lowest BCUT2D eigenvalue weighted by molar-refractivity contribution is 0.122. The van der Waals surface area contributed by atoms with E-state index in [1.165, 1.54) is 25.7 Å². The summed E-state index contributed by atoms with van der Waals surface area (Å²) in [5.74, 6) is 1.69. The second-order valence-corrected chi connectivity index (χ2v) is 6.16. The number of likely N-dealkylation sites (tertiary alicyclic amines) is 1. The molecule has 1 aromatic heterocycles. The Balaban J connectivity index is 1.68. The van der Waals surface area contributed by atoms with Crippen LogP contribution < -0.4 is 10.6 Å². The Morgan fingerprint density at radius 3 is 2.61 bits per heavy atom. The molecule has 6 heteroatoms. The molecular weight excluding hydrogens is 290 g/mol. The maximum Gasteiger partial charge on any atom is 0.191 e. The van der Waals surface area contributed by atoms with Gasteiger partial charge in [0.25, 0.3) is 0 Å². The number of rotatable bonds is 3. The molecular formula is C17H27N5O.